The molecule has 0 saturated carbocycles. The van der Waals surface area contributed by atoms with E-state index in [4.69, 9.17) is 4.74 Å². The number of hydrogen-bond acceptors (Lipinski definition) is 2. The molecule has 3 atom stereocenters. The number of rotatable bonds is 6. The molecule has 4 heteroatoms. The van der Waals surface area contributed by atoms with Crippen LogP contribution in [0.25, 0.3) is 0 Å². The highest BCUT2D eigenvalue weighted by atomic mass is 79.9. The third-order valence-corrected chi connectivity index (χ3v) is 4.82. The van der Waals surface area contributed by atoms with Crippen molar-refractivity contribution in [1.82, 2.24) is 5.32 Å². The summed E-state index contributed by atoms with van der Waals surface area (Å²) in [7, 11) is 0. The number of halogens is 1. The van der Waals surface area contributed by atoms with Crippen LogP contribution in [0.4, 0.5) is 0 Å². The van der Waals surface area contributed by atoms with E-state index >= 15 is 0 Å². The van der Waals surface area contributed by atoms with Crippen molar-refractivity contribution in [3.8, 4) is 0 Å². The lowest BCUT2D eigenvalue weighted by atomic mass is 9.98. The lowest BCUT2D eigenvalue weighted by Crippen LogP contribution is -2.38. The minimum Gasteiger partial charge on any atom is -0.378 e. The molecule has 0 aromatic carbocycles. The molecule has 3 unspecified atom stereocenters. The smallest absolute Gasteiger partial charge is 0.225 e. The number of amides is 1. The molecule has 17 heavy (non-hydrogen) atoms. The average molecular weight is 306 g/mol. The summed E-state index contributed by atoms with van der Waals surface area (Å²) in [4.78, 5) is 12.3. The van der Waals surface area contributed by atoms with Gasteiger partial charge in [-0.2, -0.15) is 0 Å². The molecule has 1 fully saturated rings. The molecule has 0 radical (unpaired) electrons. The Labute approximate surface area is 113 Å². The molecule has 0 aliphatic carbocycles. The summed E-state index contributed by atoms with van der Waals surface area (Å²) in [6.45, 7) is 7.79. The summed E-state index contributed by atoms with van der Waals surface area (Å²) >= 11 is 3.67. The van der Waals surface area contributed by atoms with Gasteiger partial charge in [-0.05, 0) is 19.3 Å². The summed E-state index contributed by atoms with van der Waals surface area (Å²) in [5, 5.41) is 3.04. The molecule has 0 bridgehead atoms. The maximum atomic E-state index is 11.9. The number of carbonyl (C=O) groups is 1. The molecule has 1 rings (SSSR count). The molecule has 1 heterocycles. The molecule has 1 aliphatic heterocycles. The minimum atomic E-state index is 0.0383. The summed E-state index contributed by atoms with van der Waals surface area (Å²) in [5.41, 5.74) is 0. The summed E-state index contributed by atoms with van der Waals surface area (Å²) in [6.07, 6.45) is 3.21. The van der Waals surface area contributed by atoms with E-state index in [9.17, 15) is 4.79 Å². The molecule has 100 valence electrons. The highest BCUT2D eigenvalue weighted by Gasteiger charge is 2.30. The molecule has 1 aliphatic rings. The van der Waals surface area contributed by atoms with Gasteiger partial charge in [0.2, 0.25) is 5.91 Å². The Morgan fingerprint density at radius 3 is 2.59 bits per heavy atom. The van der Waals surface area contributed by atoms with Gasteiger partial charge in [0.05, 0.1) is 12.0 Å². The van der Waals surface area contributed by atoms with Crippen LogP contribution < -0.4 is 5.32 Å². The first-order valence-electron chi connectivity index (χ1n) is 6.63. The average Bonchev–Trinajstić information content (AvgIpc) is 2.74. The van der Waals surface area contributed by atoms with Gasteiger partial charge in [0.25, 0.3) is 0 Å². The molecule has 3 nitrogen and oxygen atoms in total. The maximum absolute atomic E-state index is 11.9. The molecule has 0 aromatic heterocycles. The van der Waals surface area contributed by atoms with Crippen molar-refractivity contribution in [3.63, 3.8) is 0 Å². The predicted octanol–water partition coefficient (Wildman–Crippen LogP) is 2.73. The Balaban J connectivity index is 2.32. The normalized spacial score (nSPS) is 26.2. The third kappa shape index (κ3) is 4.25. The van der Waals surface area contributed by atoms with Crippen LogP contribution in [-0.4, -0.2) is 30.0 Å². The Kier molecular flexibility index (Phi) is 6.49. The van der Waals surface area contributed by atoms with Gasteiger partial charge in [-0.15, -0.1) is 0 Å². The second kappa shape index (κ2) is 7.37. The van der Waals surface area contributed by atoms with Crippen LogP contribution in [-0.2, 0) is 9.53 Å². The fourth-order valence-electron chi connectivity index (χ4n) is 2.37. The van der Waals surface area contributed by atoms with E-state index in [1.165, 1.54) is 0 Å². The fraction of sp³-hybridized carbons (Fsp3) is 0.923. The van der Waals surface area contributed by atoms with Crippen molar-refractivity contribution >= 4 is 21.8 Å². The molecule has 0 aromatic rings. The number of carbonyl (C=O) groups excluding carboxylic acids is 1. The second-order valence-corrected chi connectivity index (χ2v) is 5.98. The van der Waals surface area contributed by atoms with Crippen LogP contribution in [0.1, 0.15) is 40.0 Å². The van der Waals surface area contributed by atoms with Gasteiger partial charge < -0.3 is 10.1 Å². The van der Waals surface area contributed by atoms with Crippen LogP contribution in [0, 0.1) is 11.8 Å². The Morgan fingerprint density at radius 2 is 2.12 bits per heavy atom. The van der Waals surface area contributed by atoms with Gasteiger partial charge >= 0.3 is 0 Å². The zero-order valence-electron chi connectivity index (χ0n) is 11.0. The van der Waals surface area contributed by atoms with E-state index in [2.05, 4.69) is 35.1 Å². The van der Waals surface area contributed by atoms with E-state index in [1.54, 1.807) is 0 Å². The third-order valence-electron chi connectivity index (χ3n) is 3.74. The van der Waals surface area contributed by atoms with Crippen molar-refractivity contribution in [2.45, 2.75) is 51.0 Å². The summed E-state index contributed by atoms with van der Waals surface area (Å²) in [6, 6.07) is 0. The highest BCUT2D eigenvalue weighted by molar-refractivity contribution is 9.09. The number of alkyl halides is 1. The monoisotopic (exact) mass is 305 g/mol. The SMILES string of the molecule is CCC(CC)C(Br)CNC(=O)C1CCOC1C. The Morgan fingerprint density at radius 1 is 1.47 bits per heavy atom. The van der Waals surface area contributed by atoms with Crippen molar-refractivity contribution in [2.75, 3.05) is 13.2 Å². The first kappa shape index (κ1) is 15.0. The number of nitrogens with one attached hydrogen (secondary N) is 1. The molecular formula is C13H24BrNO2. The quantitative estimate of drug-likeness (QED) is 0.766. The largest absolute Gasteiger partial charge is 0.378 e. The first-order valence-corrected chi connectivity index (χ1v) is 7.55. The number of hydrogen-bond donors (Lipinski definition) is 1. The lowest BCUT2D eigenvalue weighted by molar-refractivity contribution is -0.126. The van der Waals surface area contributed by atoms with Crippen molar-refractivity contribution in [2.24, 2.45) is 11.8 Å². The lowest BCUT2D eigenvalue weighted by Gasteiger charge is -2.21. The second-order valence-electron chi connectivity index (χ2n) is 4.81. The van der Waals surface area contributed by atoms with Gasteiger partial charge in [-0.3, -0.25) is 4.79 Å². The van der Waals surface area contributed by atoms with Crippen LogP contribution >= 0.6 is 15.9 Å². The van der Waals surface area contributed by atoms with Crippen LogP contribution in [0.2, 0.25) is 0 Å². The fourth-order valence-corrected chi connectivity index (χ4v) is 3.28. The van der Waals surface area contributed by atoms with E-state index in [0.717, 1.165) is 19.3 Å². The van der Waals surface area contributed by atoms with Gasteiger partial charge in [0, 0.05) is 18.0 Å². The predicted molar refractivity (Wildman–Crippen MR) is 73.3 cm³/mol. The molecule has 1 amide bonds. The standard InChI is InChI=1S/C13H24BrNO2/c1-4-10(5-2)12(14)8-15-13(16)11-6-7-17-9(11)3/h9-12H,4-8H2,1-3H3,(H,15,16). The number of ether oxygens (including phenoxy) is 1. The van der Waals surface area contributed by atoms with E-state index in [1.807, 2.05) is 6.92 Å². The van der Waals surface area contributed by atoms with Crippen molar-refractivity contribution in [3.05, 3.63) is 0 Å². The molecule has 0 spiro atoms. The Bertz CT molecular complexity index is 244. The molecule has 1 saturated heterocycles. The van der Waals surface area contributed by atoms with Crippen molar-refractivity contribution in [1.29, 1.82) is 0 Å². The molecular weight excluding hydrogens is 282 g/mol. The van der Waals surface area contributed by atoms with E-state index in [0.29, 0.717) is 23.9 Å². The van der Waals surface area contributed by atoms with Gasteiger partial charge in [-0.25, -0.2) is 0 Å². The first-order chi connectivity index (χ1) is 8.10. The topological polar surface area (TPSA) is 38.3 Å². The molecule has 1 N–H and O–H groups in total. The summed E-state index contributed by atoms with van der Waals surface area (Å²) in [5.74, 6) is 0.814. The minimum absolute atomic E-state index is 0.0383. The van der Waals surface area contributed by atoms with Crippen LogP contribution in [0.15, 0.2) is 0 Å². The zero-order chi connectivity index (χ0) is 12.8. The van der Waals surface area contributed by atoms with E-state index < -0.39 is 0 Å². The van der Waals surface area contributed by atoms with Crippen molar-refractivity contribution < 1.29 is 9.53 Å². The van der Waals surface area contributed by atoms with Gasteiger partial charge in [-0.1, -0.05) is 42.6 Å². The van der Waals surface area contributed by atoms with Crippen LogP contribution in [0.5, 0.6) is 0 Å². The van der Waals surface area contributed by atoms with E-state index in [-0.39, 0.29) is 17.9 Å². The Hall–Kier alpha value is -0.0900. The maximum Gasteiger partial charge on any atom is 0.225 e. The van der Waals surface area contributed by atoms with Crippen LogP contribution in [0.3, 0.4) is 0 Å². The summed E-state index contributed by atoms with van der Waals surface area (Å²) < 4.78 is 5.41. The van der Waals surface area contributed by atoms with Gasteiger partial charge in [0.1, 0.15) is 0 Å². The zero-order valence-corrected chi connectivity index (χ0v) is 12.6. The van der Waals surface area contributed by atoms with Gasteiger partial charge in [0.15, 0.2) is 0 Å². The highest BCUT2D eigenvalue weighted by Crippen LogP contribution is 2.22.